The van der Waals surface area contributed by atoms with Crippen LogP contribution in [-0.2, 0) is 22.0 Å². The lowest BCUT2D eigenvalue weighted by atomic mass is 9.77. The summed E-state index contributed by atoms with van der Waals surface area (Å²) in [5.74, 6) is 0.0625. The number of ketones is 1. The van der Waals surface area contributed by atoms with Gasteiger partial charge >= 0.3 is 0 Å². The zero-order valence-corrected chi connectivity index (χ0v) is 23.5. The van der Waals surface area contributed by atoms with Gasteiger partial charge in [0, 0.05) is 32.1 Å². The summed E-state index contributed by atoms with van der Waals surface area (Å²) in [6.45, 7) is 3.31. The molecule has 1 spiro atoms. The van der Waals surface area contributed by atoms with Gasteiger partial charge < -0.3 is 15.4 Å². The first kappa shape index (κ1) is 27.5. The van der Waals surface area contributed by atoms with E-state index in [0.717, 1.165) is 23.7 Å². The van der Waals surface area contributed by atoms with Crippen molar-refractivity contribution in [1.82, 2.24) is 14.2 Å². The van der Waals surface area contributed by atoms with Crippen LogP contribution in [0.1, 0.15) is 60.6 Å². The number of nitrogens with two attached hydrogens (primary N) is 1. The Labute approximate surface area is 229 Å². The molecule has 39 heavy (non-hydrogen) atoms. The van der Waals surface area contributed by atoms with E-state index >= 15 is 4.39 Å². The van der Waals surface area contributed by atoms with Crippen LogP contribution in [-0.4, -0.2) is 72.9 Å². The van der Waals surface area contributed by atoms with Crippen molar-refractivity contribution in [3.8, 4) is 5.75 Å². The maximum atomic E-state index is 15.6. The maximum absolute atomic E-state index is 15.6. The number of sulfonamides is 1. The Morgan fingerprint density at radius 1 is 1.23 bits per heavy atom. The number of halogens is 1. The van der Waals surface area contributed by atoms with Crippen LogP contribution < -0.4 is 10.5 Å². The van der Waals surface area contributed by atoms with Crippen LogP contribution in [0.4, 0.5) is 4.39 Å². The normalized spacial score (nSPS) is 27.2. The first-order valence-corrected chi connectivity index (χ1v) is 14.8. The molecule has 3 heterocycles. The van der Waals surface area contributed by atoms with Gasteiger partial charge in [-0.2, -0.15) is 0 Å². The number of rotatable bonds is 7. The average Bonchev–Trinajstić information content (AvgIpc) is 3.60. The van der Waals surface area contributed by atoms with Crippen molar-refractivity contribution in [2.45, 2.75) is 55.7 Å². The van der Waals surface area contributed by atoms with E-state index in [4.69, 9.17) is 10.5 Å². The minimum Gasteiger partial charge on any atom is -0.495 e. The molecule has 1 aliphatic carbocycles. The second-order valence-corrected chi connectivity index (χ2v) is 13.4. The summed E-state index contributed by atoms with van der Waals surface area (Å²) in [5.41, 5.74) is 5.57. The van der Waals surface area contributed by atoms with Gasteiger partial charge in [0.15, 0.2) is 5.78 Å². The highest BCUT2D eigenvalue weighted by molar-refractivity contribution is 7.91. The number of likely N-dealkylation sites (tertiary alicyclic amines) is 1. The quantitative estimate of drug-likeness (QED) is 0.520. The smallest absolute Gasteiger partial charge is 0.247 e. The molecule has 2 fully saturated rings. The zero-order valence-electron chi connectivity index (χ0n) is 22.7. The van der Waals surface area contributed by atoms with Crippen molar-refractivity contribution < 1.29 is 22.3 Å². The number of guanidine groups is 1. The second-order valence-electron chi connectivity index (χ2n) is 11.1. The molecule has 1 aromatic heterocycles. The van der Waals surface area contributed by atoms with Crippen LogP contribution in [0.3, 0.4) is 0 Å². The van der Waals surface area contributed by atoms with Crippen molar-refractivity contribution >= 4 is 21.8 Å². The zero-order chi connectivity index (χ0) is 28.0. The number of aliphatic imine (C=N–C) groups is 1. The molecule has 0 bridgehead atoms. The van der Waals surface area contributed by atoms with Gasteiger partial charge in [-0.3, -0.25) is 4.79 Å². The fourth-order valence-electron chi connectivity index (χ4n) is 6.52. The van der Waals surface area contributed by atoms with Gasteiger partial charge in [0.1, 0.15) is 27.5 Å². The molecule has 0 amide bonds. The fraction of sp³-hybridized carbons (Fsp3) is 0.536. The number of pyridine rings is 1. The number of carbonyl (C=O) groups excluding carboxylic acids is 1. The molecule has 1 saturated carbocycles. The molecule has 2 aliphatic heterocycles. The van der Waals surface area contributed by atoms with Crippen molar-refractivity contribution in [2.24, 2.45) is 16.6 Å². The van der Waals surface area contributed by atoms with E-state index in [1.165, 1.54) is 45.3 Å². The van der Waals surface area contributed by atoms with Crippen molar-refractivity contribution in [3.05, 3.63) is 59.2 Å². The van der Waals surface area contributed by atoms with Gasteiger partial charge in [-0.05, 0) is 68.5 Å². The first-order chi connectivity index (χ1) is 18.5. The number of carbonyl (C=O) groups is 1. The SMILES string of the molecule is COc1ccc(C(=O)Cc2ccc(F)c([C@@]3(C)N=C(N)N(C)S(=O)(=O)[C@]34CCN(CC3CCCC3)C4)c2)nc1. The van der Waals surface area contributed by atoms with E-state index < -0.39 is 26.1 Å². The van der Waals surface area contributed by atoms with Crippen LogP contribution in [0.25, 0.3) is 0 Å². The summed E-state index contributed by atoms with van der Waals surface area (Å²) < 4.78 is 48.5. The molecule has 3 aliphatic rings. The van der Waals surface area contributed by atoms with E-state index in [2.05, 4.69) is 14.9 Å². The number of benzene rings is 1. The van der Waals surface area contributed by atoms with Gasteiger partial charge in [0.25, 0.3) is 0 Å². The number of nitrogens with zero attached hydrogens (tertiary/aromatic N) is 4. The molecule has 1 saturated heterocycles. The molecule has 2 atom stereocenters. The highest BCUT2D eigenvalue weighted by Crippen LogP contribution is 2.52. The van der Waals surface area contributed by atoms with E-state index in [9.17, 15) is 13.2 Å². The lowest BCUT2D eigenvalue weighted by Gasteiger charge is -2.48. The molecule has 0 radical (unpaired) electrons. The summed E-state index contributed by atoms with van der Waals surface area (Å²) >= 11 is 0. The van der Waals surface area contributed by atoms with Crippen molar-refractivity contribution in [3.63, 3.8) is 0 Å². The molecule has 210 valence electrons. The Morgan fingerprint density at radius 2 is 1.97 bits per heavy atom. The highest BCUT2D eigenvalue weighted by atomic mass is 32.2. The predicted molar refractivity (Wildman–Crippen MR) is 147 cm³/mol. The molecule has 11 heteroatoms. The van der Waals surface area contributed by atoms with Crippen LogP contribution in [0, 0.1) is 11.7 Å². The third-order valence-electron chi connectivity index (χ3n) is 8.88. The Balaban J connectivity index is 1.52. The summed E-state index contributed by atoms with van der Waals surface area (Å²) in [5, 5.41) is 0. The van der Waals surface area contributed by atoms with Gasteiger partial charge in [-0.25, -0.2) is 27.1 Å². The van der Waals surface area contributed by atoms with Crippen LogP contribution >= 0.6 is 0 Å². The highest BCUT2D eigenvalue weighted by Gasteiger charge is 2.66. The Morgan fingerprint density at radius 3 is 2.64 bits per heavy atom. The van der Waals surface area contributed by atoms with Gasteiger partial charge in [-0.15, -0.1) is 0 Å². The van der Waals surface area contributed by atoms with Crippen LogP contribution in [0.15, 0.2) is 41.5 Å². The summed E-state index contributed by atoms with van der Waals surface area (Å²) in [6.07, 6.45) is 6.43. The molecule has 0 unspecified atom stereocenters. The summed E-state index contributed by atoms with van der Waals surface area (Å²) in [7, 11) is -1.07. The third kappa shape index (κ3) is 4.59. The monoisotopic (exact) mass is 557 g/mol. The summed E-state index contributed by atoms with van der Waals surface area (Å²) in [6, 6.07) is 7.61. The molecule has 2 N–H and O–H groups in total. The predicted octanol–water partition coefficient (Wildman–Crippen LogP) is 3.09. The van der Waals surface area contributed by atoms with Gasteiger partial charge in [0.2, 0.25) is 16.0 Å². The average molecular weight is 558 g/mol. The molecular formula is C28H36FN5O4S. The number of aromatic nitrogens is 1. The molecule has 9 nitrogen and oxygen atoms in total. The summed E-state index contributed by atoms with van der Waals surface area (Å²) in [4.78, 5) is 24.0. The molecular weight excluding hydrogens is 521 g/mol. The lowest BCUT2D eigenvalue weighted by molar-refractivity contribution is 0.0988. The fourth-order valence-corrected chi connectivity index (χ4v) is 8.68. The Kier molecular flexibility index (Phi) is 7.17. The van der Waals surface area contributed by atoms with Gasteiger partial charge in [0.05, 0.1) is 13.3 Å². The lowest BCUT2D eigenvalue weighted by Crippen LogP contribution is -2.66. The Hall–Kier alpha value is -3.05. The van der Waals surface area contributed by atoms with Crippen LogP contribution in [0.2, 0.25) is 0 Å². The third-order valence-corrected chi connectivity index (χ3v) is 11.5. The van der Waals surface area contributed by atoms with E-state index in [1.54, 1.807) is 25.1 Å². The topological polar surface area (TPSA) is 118 Å². The van der Waals surface area contributed by atoms with Crippen LogP contribution in [0.5, 0.6) is 5.75 Å². The largest absolute Gasteiger partial charge is 0.495 e. The standard InChI is InChI=1S/C28H36FN5O4S/c1-27(22-14-20(8-10-23(22)29)15-25(35)24-11-9-21(38-3)16-31-24)28(39(36,37)33(2)26(30)32-27)12-13-34(18-28)17-19-6-4-5-7-19/h8-11,14,16,19H,4-7,12-13,15,17-18H2,1-3H3,(H2,30,32)/t27-,28+/m1/s1. The number of ether oxygens (including phenoxy) is 1. The van der Waals surface area contributed by atoms with E-state index in [0.29, 0.717) is 30.2 Å². The van der Waals surface area contributed by atoms with E-state index in [-0.39, 0.29) is 36.0 Å². The minimum atomic E-state index is -3.99. The second kappa shape index (κ2) is 10.2. The maximum Gasteiger partial charge on any atom is 0.247 e. The number of Topliss-reactive ketones (excluding diaryl/α,β-unsaturated/α-hetero) is 1. The molecule has 5 rings (SSSR count). The first-order valence-electron chi connectivity index (χ1n) is 13.4. The van der Waals surface area contributed by atoms with Gasteiger partial charge in [-0.1, -0.05) is 18.9 Å². The molecule has 1 aromatic carbocycles. The van der Waals surface area contributed by atoms with E-state index in [1.807, 2.05) is 0 Å². The van der Waals surface area contributed by atoms with Crippen molar-refractivity contribution in [2.75, 3.05) is 33.8 Å². The van der Waals surface area contributed by atoms with Crippen molar-refractivity contribution in [1.29, 1.82) is 0 Å². The molecule has 2 aromatic rings. The number of methoxy groups -OCH3 is 1. The minimum absolute atomic E-state index is 0.0324. The number of hydrogen-bond donors (Lipinski definition) is 1. The number of hydrogen-bond acceptors (Lipinski definition) is 8. The Bertz CT molecular complexity index is 1390.